The van der Waals surface area contributed by atoms with Crippen LogP contribution in [0, 0.1) is 46.3 Å². The van der Waals surface area contributed by atoms with Gasteiger partial charge < -0.3 is 5.11 Å². The van der Waals surface area contributed by atoms with Crippen molar-refractivity contribution in [2.75, 3.05) is 0 Å². The van der Waals surface area contributed by atoms with Crippen LogP contribution in [0.4, 0.5) is 0 Å². The van der Waals surface area contributed by atoms with Gasteiger partial charge in [-0.1, -0.05) is 77.7 Å². The van der Waals surface area contributed by atoms with Gasteiger partial charge >= 0.3 is 0 Å². The fourth-order valence-corrected chi connectivity index (χ4v) is 8.65. The first kappa shape index (κ1) is 22.6. The Balaban J connectivity index is 1.51. The zero-order chi connectivity index (χ0) is 21.7. The van der Waals surface area contributed by atoms with Crippen LogP contribution in [0.25, 0.3) is 0 Å². The molecule has 0 heterocycles. The third-order valence-electron chi connectivity index (χ3n) is 10.8. The number of allylic oxidation sites excluding steroid dienone is 3. The van der Waals surface area contributed by atoms with E-state index in [1.807, 2.05) is 0 Å². The highest BCUT2D eigenvalue weighted by atomic mass is 16.3. The summed E-state index contributed by atoms with van der Waals surface area (Å²) in [7, 11) is 0. The summed E-state index contributed by atoms with van der Waals surface area (Å²) in [5.41, 5.74) is 4.17. The van der Waals surface area contributed by atoms with Crippen molar-refractivity contribution in [3.8, 4) is 0 Å². The number of rotatable bonds is 6. The monoisotopic (exact) mass is 412 g/mol. The molecule has 1 nitrogen and oxygen atoms in total. The first-order chi connectivity index (χ1) is 14.2. The van der Waals surface area contributed by atoms with E-state index < -0.39 is 0 Å². The molecule has 0 saturated heterocycles. The van der Waals surface area contributed by atoms with E-state index in [-0.39, 0.29) is 6.10 Å². The second-order valence-electron chi connectivity index (χ2n) is 12.5. The molecule has 0 unspecified atom stereocenters. The summed E-state index contributed by atoms with van der Waals surface area (Å²) in [6.45, 7) is 15.0. The van der Waals surface area contributed by atoms with Crippen LogP contribution < -0.4 is 0 Å². The summed E-state index contributed by atoms with van der Waals surface area (Å²) in [6, 6.07) is 0. The maximum atomic E-state index is 10.2. The normalized spacial score (nSPS) is 42.7. The number of aliphatic hydroxyl groups excluding tert-OH is 1. The SMILES string of the molecule is CC[C@H](CC[C@@H](C)[C@@H]1CC[C@@H]2C3=CC=C4C[C@H](O)CC[C@]4(C)[C@@H]3CC[C@@]21C)C(C)C. The van der Waals surface area contributed by atoms with Crippen molar-refractivity contribution in [3.63, 3.8) is 0 Å². The lowest BCUT2D eigenvalue weighted by Crippen LogP contribution is -2.46. The topological polar surface area (TPSA) is 20.2 Å². The molecule has 0 aliphatic heterocycles. The number of aliphatic hydroxyl groups is 1. The van der Waals surface area contributed by atoms with E-state index in [0.29, 0.717) is 10.8 Å². The number of fused-ring (bicyclic) bond motifs is 5. The van der Waals surface area contributed by atoms with Crippen LogP contribution in [0.2, 0.25) is 0 Å². The maximum absolute atomic E-state index is 10.2. The predicted molar refractivity (Wildman–Crippen MR) is 128 cm³/mol. The van der Waals surface area contributed by atoms with Crippen molar-refractivity contribution in [2.45, 2.75) is 112 Å². The molecule has 1 N–H and O–H groups in total. The first-order valence-corrected chi connectivity index (χ1v) is 13.3. The summed E-state index contributed by atoms with van der Waals surface area (Å²) < 4.78 is 0. The van der Waals surface area contributed by atoms with Gasteiger partial charge in [-0.25, -0.2) is 0 Å². The average molecular weight is 413 g/mol. The fourth-order valence-electron chi connectivity index (χ4n) is 8.65. The minimum atomic E-state index is -0.109. The Hall–Kier alpha value is -0.560. The Labute approximate surface area is 186 Å². The third-order valence-corrected chi connectivity index (χ3v) is 10.8. The molecule has 4 rings (SSSR count). The van der Waals surface area contributed by atoms with Crippen molar-refractivity contribution >= 4 is 0 Å². The molecule has 3 fully saturated rings. The molecule has 30 heavy (non-hydrogen) atoms. The van der Waals surface area contributed by atoms with Crippen LogP contribution in [0.3, 0.4) is 0 Å². The van der Waals surface area contributed by atoms with Gasteiger partial charge in [0.05, 0.1) is 6.10 Å². The zero-order valence-electron chi connectivity index (χ0n) is 20.7. The predicted octanol–water partition coefficient (Wildman–Crippen LogP) is 7.94. The Kier molecular flexibility index (Phi) is 6.35. The second-order valence-corrected chi connectivity index (χ2v) is 12.5. The molecule has 0 amide bonds. The largest absolute Gasteiger partial charge is 0.393 e. The van der Waals surface area contributed by atoms with Gasteiger partial charge in [-0.15, -0.1) is 0 Å². The highest BCUT2D eigenvalue weighted by Gasteiger charge is 2.56. The van der Waals surface area contributed by atoms with Crippen molar-refractivity contribution in [2.24, 2.45) is 46.3 Å². The minimum absolute atomic E-state index is 0.109. The van der Waals surface area contributed by atoms with Gasteiger partial charge in [0, 0.05) is 0 Å². The lowest BCUT2D eigenvalue weighted by Gasteiger charge is -2.55. The standard InChI is InChI=1S/C29H48O/c1-7-21(19(2)3)9-8-20(4)25-12-13-26-24-11-10-22-18-23(30)14-16-28(22,5)27(24)15-17-29(25,26)6/h10-11,19-21,23,25-27,30H,7-9,12-18H2,1-6H3/t20-,21-,23-,25+,26-,27-,28+,29-/m1/s1. The molecular weight excluding hydrogens is 364 g/mol. The van der Waals surface area contributed by atoms with E-state index in [0.717, 1.165) is 48.3 Å². The molecular formula is C29H48O. The lowest BCUT2D eigenvalue weighted by molar-refractivity contribution is 0.0315. The van der Waals surface area contributed by atoms with E-state index in [4.69, 9.17) is 0 Å². The van der Waals surface area contributed by atoms with Crippen molar-refractivity contribution < 1.29 is 5.11 Å². The summed E-state index contributed by atoms with van der Waals surface area (Å²) in [5, 5.41) is 10.2. The van der Waals surface area contributed by atoms with Gasteiger partial charge in [-0.3, -0.25) is 0 Å². The van der Waals surface area contributed by atoms with Gasteiger partial charge in [0.1, 0.15) is 0 Å². The summed E-state index contributed by atoms with van der Waals surface area (Å²) in [5.74, 6) is 5.03. The average Bonchev–Trinajstić information content (AvgIpc) is 3.06. The number of hydrogen-bond donors (Lipinski definition) is 1. The quantitative estimate of drug-likeness (QED) is 0.469. The van der Waals surface area contributed by atoms with Gasteiger partial charge in [-0.2, -0.15) is 0 Å². The van der Waals surface area contributed by atoms with Crippen LogP contribution in [-0.2, 0) is 0 Å². The van der Waals surface area contributed by atoms with Crippen molar-refractivity contribution in [1.29, 1.82) is 0 Å². The minimum Gasteiger partial charge on any atom is -0.393 e. The number of hydrogen-bond acceptors (Lipinski definition) is 1. The molecule has 4 aliphatic rings. The summed E-state index contributed by atoms with van der Waals surface area (Å²) >= 11 is 0. The smallest absolute Gasteiger partial charge is 0.0578 e. The molecule has 170 valence electrons. The Morgan fingerprint density at radius 1 is 0.967 bits per heavy atom. The van der Waals surface area contributed by atoms with Crippen LogP contribution in [0.1, 0.15) is 106 Å². The molecule has 0 bridgehead atoms. The van der Waals surface area contributed by atoms with E-state index >= 15 is 0 Å². The molecule has 3 saturated carbocycles. The first-order valence-electron chi connectivity index (χ1n) is 13.3. The fraction of sp³-hybridized carbons (Fsp3) is 0.862. The highest BCUT2D eigenvalue weighted by Crippen LogP contribution is 2.66. The molecule has 0 aromatic carbocycles. The van der Waals surface area contributed by atoms with Crippen molar-refractivity contribution in [3.05, 3.63) is 23.3 Å². The van der Waals surface area contributed by atoms with Crippen molar-refractivity contribution in [1.82, 2.24) is 0 Å². The molecule has 0 radical (unpaired) electrons. The Morgan fingerprint density at radius 3 is 2.43 bits per heavy atom. The molecule has 1 heteroatoms. The van der Waals surface area contributed by atoms with Crippen LogP contribution >= 0.6 is 0 Å². The Bertz CT molecular complexity index is 686. The summed E-state index contributed by atoms with van der Waals surface area (Å²) in [4.78, 5) is 0. The van der Waals surface area contributed by atoms with E-state index in [2.05, 4.69) is 53.7 Å². The zero-order valence-corrected chi connectivity index (χ0v) is 20.7. The van der Waals surface area contributed by atoms with Crippen LogP contribution in [0.15, 0.2) is 23.3 Å². The van der Waals surface area contributed by atoms with Gasteiger partial charge in [0.15, 0.2) is 0 Å². The van der Waals surface area contributed by atoms with E-state index in [1.165, 1.54) is 51.4 Å². The molecule has 8 atom stereocenters. The van der Waals surface area contributed by atoms with Crippen LogP contribution in [0.5, 0.6) is 0 Å². The highest BCUT2D eigenvalue weighted by molar-refractivity contribution is 5.38. The lowest BCUT2D eigenvalue weighted by atomic mass is 9.50. The maximum Gasteiger partial charge on any atom is 0.0578 e. The molecule has 0 aromatic heterocycles. The van der Waals surface area contributed by atoms with Gasteiger partial charge in [0.2, 0.25) is 0 Å². The van der Waals surface area contributed by atoms with Gasteiger partial charge in [-0.05, 0) is 97.7 Å². The molecule has 0 aromatic rings. The molecule has 0 spiro atoms. The third kappa shape index (κ3) is 3.66. The van der Waals surface area contributed by atoms with Gasteiger partial charge in [0.25, 0.3) is 0 Å². The summed E-state index contributed by atoms with van der Waals surface area (Å²) in [6.07, 6.45) is 17.8. The van der Waals surface area contributed by atoms with E-state index in [1.54, 1.807) is 11.1 Å². The second kappa shape index (κ2) is 8.42. The van der Waals surface area contributed by atoms with E-state index in [9.17, 15) is 5.11 Å². The van der Waals surface area contributed by atoms with Crippen LogP contribution in [-0.4, -0.2) is 11.2 Å². The molecule has 4 aliphatic carbocycles. The Morgan fingerprint density at radius 2 is 1.73 bits per heavy atom.